The third-order valence-corrected chi connectivity index (χ3v) is 7.64. The van der Waals surface area contributed by atoms with E-state index in [1.807, 2.05) is 11.8 Å². The van der Waals surface area contributed by atoms with Crippen molar-refractivity contribution in [2.75, 3.05) is 25.0 Å². The average molecular weight is 444 g/mol. The predicted molar refractivity (Wildman–Crippen MR) is 125 cm³/mol. The summed E-state index contributed by atoms with van der Waals surface area (Å²) in [6, 6.07) is 0.273. The van der Waals surface area contributed by atoms with Gasteiger partial charge in [0.2, 0.25) is 5.91 Å². The lowest BCUT2D eigenvalue weighted by molar-refractivity contribution is -0.127. The maximum absolute atomic E-state index is 13.0. The van der Waals surface area contributed by atoms with Crippen LogP contribution < -0.4 is 10.6 Å². The molecule has 2 aromatic heterocycles. The Hall–Kier alpha value is -2.22. The molecule has 0 radical (unpaired) electrons. The first-order valence-corrected chi connectivity index (χ1v) is 12.5. The summed E-state index contributed by atoms with van der Waals surface area (Å²) in [5.74, 6) is 1.05. The zero-order valence-electron chi connectivity index (χ0n) is 18.4. The molecule has 2 fully saturated rings. The molecular formula is C23H33N5O2S. The Labute approximate surface area is 188 Å². The summed E-state index contributed by atoms with van der Waals surface area (Å²) in [6.45, 7) is 4.37. The molecule has 2 aromatic rings. The van der Waals surface area contributed by atoms with Gasteiger partial charge in [0, 0.05) is 32.1 Å². The van der Waals surface area contributed by atoms with E-state index < -0.39 is 0 Å². The number of carbonyl (C=O) groups is 2. The molecule has 1 aliphatic carbocycles. The van der Waals surface area contributed by atoms with Gasteiger partial charge in [0.05, 0.1) is 10.3 Å². The fourth-order valence-corrected chi connectivity index (χ4v) is 5.74. The number of amides is 2. The minimum absolute atomic E-state index is 0.0181. The van der Waals surface area contributed by atoms with Crippen LogP contribution in [0.15, 0.2) is 6.33 Å². The van der Waals surface area contributed by atoms with Crippen LogP contribution in [0.1, 0.15) is 79.4 Å². The molecule has 0 spiro atoms. The number of fused-ring (bicyclic) bond motifs is 1. The average Bonchev–Trinajstić information content (AvgIpc) is 3.30. The summed E-state index contributed by atoms with van der Waals surface area (Å²) in [4.78, 5) is 37.2. The van der Waals surface area contributed by atoms with Crippen molar-refractivity contribution in [1.82, 2.24) is 20.2 Å². The van der Waals surface area contributed by atoms with Crippen molar-refractivity contribution in [2.24, 2.45) is 0 Å². The second-order valence-electron chi connectivity index (χ2n) is 8.74. The number of nitrogens with one attached hydrogen (secondary N) is 2. The van der Waals surface area contributed by atoms with E-state index in [4.69, 9.17) is 0 Å². The van der Waals surface area contributed by atoms with E-state index in [1.54, 1.807) is 6.33 Å². The highest BCUT2D eigenvalue weighted by Crippen LogP contribution is 2.33. The number of likely N-dealkylation sites (tertiary alicyclic amines) is 1. The molecule has 2 N–H and O–H groups in total. The zero-order chi connectivity index (χ0) is 21.6. The molecule has 0 aromatic carbocycles. The lowest BCUT2D eigenvalue weighted by Crippen LogP contribution is -2.35. The first kappa shape index (κ1) is 22.0. The smallest absolute Gasteiger partial charge is 0.261 e. The predicted octanol–water partition coefficient (Wildman–Crippen LogP) is 4.27. The summed E-state index contributed by atoms with van der Waals surface area (Å²) < 4.78 is 0. The fourth-order valence-electron chi connectivity index (χ4n) is 4.69. The van der Waals surface area contributed by atoms with Gasteiger partial charge < -0.3 is 15.5 Å². The Morgan fingerprint density at radius 3 is 2.68 bits per heavy atom. The van der Waals surface area contributed by atoms with Crippen LogP contribution in [0.3, 0.4) is 0 Å². The molecule has 31 heavy (non-hydrogen) atoms. The molecule has 0 unspecified atom stereocenters. The number of carbonyl (C=O) groups excluding carboxylic acids is 2. The van der Waals surface area contributed by atoms with Crippen molar-refractivity contribution in [3.63, 3.8) is 0 Å². The van der Waals surface area contributed by atoms with Crippen molar-refractivity contribution >= 4 is 39.2 Å². The Morgan fingerprint density at radius 1 is 1.16 bits per heavy atom. The van der Waals surface area contributed by atoms with Crippen molar-refractivity contribution in [3.05, 3.63) is 16.8 Å². The number of anilines is 1. The van der Waals surface area contributed by atoms with Crippen LogP contribution in [0, 0.1) is 6.92 Å². The van der Waals surface area contributed by atoms with Crippen LogP contribution in [0.2, 0.25) is 0 Å². The van der Waals surface area contributed by atoms with Gasteiger partial charge in [-0.15, -0.1) is 11.3 Å². The number of aromatic nitrogens is 2. The molecule has 0 atom stereocenters. The number of rotatable bonds is 7. The molecule has 3 heterocycles. The van der Waals surface area contributed by atoms with Gasteiger partial charge in [-0.05, 0) is 38.2 Å². The lowest BCUT2D eigenvalue weighted by atomic mass is 9.96. The standard InChI is InChI=1S/C23H33N5O2S/c1-16-19-21(24-12-8-14-28-13-7-11-18(28)29)25-15-26-23(19)31-20(16)22(30)27-17-9-5-3-2-4-6-10-17/h15,17H,2-14H2,1H3,(H,27,30)(H,24,25,26). The Kier molecular flexibility index (Phi) is 7.37. The van der Waals surface area contributed by atoms with Crippen LogP contribution in [-0.4, -0.2) is 52.4 Å². The lowest BCUT2D eigenvalue weighted by Gasteiger charge is -2.20. The fraction of sp³-hybridized carbons (Fsp3) is 0.652. The normalized spacial score (nSPS) is 18.2. The number of thiophene rings is 1. The summed E-state index contributed by atoms with van der Waals surface area (Å²) in [7, 11) is 0. The number of aryl methyl sites for hydroxylation is 1. The minimum Gasteiger partial charge on any atom is -0.369 e. The third-order valence-electron chi connectivity index (χ3n) is 6.44. The molecule has 168 valence electrons. The molecule has 8 heteroatoms. The molecule has 1 aliphatic heterocycles. The Bertz CT molecular complexity index is 920. The topological polar surface area (TPSA) is 87.2 Å². The molecule has 1 saturated heterocycles. The Morgan fingerprint density at radius 2 is 1.94 bits per heavy atom. The van der Waals surface area contributed by atoms with E-state index in [1.165, 1.54) is 43.4 Å². The van der Waals surface area contributed by atoms with E-state index in [2.05, 4.69) is 20.6 Å². The van der Waals surface area contributed by atoms with Gasteiger partial charge in [-0.2, -0.15) is 0 Å². The first-order valence-electron chi connectivity index (χ1n) is 11.7. The number of hydrogen-bond acceptors (Lipinski definition) is 6. The second kappa shape index (κ2) is 10.4. The van der Waals surface area contributed by atoms with Crippen LogP contribution in [0.25, 0.3) is 10.2 Å². The van der Waals surface area contributed by atoms with Gasteiger partial charge in [-0.3, -0.25) is 9.59 Å². The number of hydrogen-bond donors (Lipinski definition) is 2. The molecule has 2 amide bonds. The molecule has 4 rings (SSSR count). The maximum atomic E-state index is 13.0. The van der Waals surface area contributed by atoms with Crippen LogP contribution in [0.4, 0.5) is 5.82 Å². The van der Waals surface area contributed by atoms with Gasteiger partial charge in [-0.25, -0.2) is 9.97 Å². The van der Waals surface area contributed by atoms with Gasteiger partial charge in [-0.1, -0.05) is 32.1 Å². The summed E-state index contributed by atoms with van der Waals surface area (Å²) in [6.07, 6.45) is 12.5. The van der Waals surface area contributed by atoms with Crippen molar-refractivity contribution < 1.29 is 9.59 Å². The molecule has 0 bridgehead atoms. The van der Waals surface area contributed by atoms with Gasteiger partial charge in [0.15, 0.2) is 0 Å². The van der Waals surface area contributed by atoms with Gasteiger partial charge >= 0.3 is 0 Å². The van der Waals surface area contributed by atoms with Crippen molar-refractivity contribution in [1.29, 1.82) is 0 Å². The van der Waals surface area contributed by atoms with E-state index >= 15 is 0 Å². The van der Waals surface area contributed by atoms with Gasteiger partial charge in [0.25, 0.3) is 5.91 Å². The molecule has 7 nitrogen and oxygen atoms in total. The highest BCUT2D eigenvalue weighted by molar-refractivity contribution is 7.20. The summed E-state index contributed by atoms with van der Waals surface area (Å²) >= 11 is 1.45. The number of nitrogens with zero attached hydrogens (tertiary/aromatic N) is 3. The highest BCUT2D eigenvalue weighted by atomic mass is 32.1. The van der Waals surface area contributed by atoms with Crippen molar-refractivity contribution in [3.8, 4) is 0 Å². The molecule has 1 saturated carbocycles. The van der Waals surface area contributed by atoms with Crippen LogP contribution >= 0.6 is 11.3 Å². The quantitative estimate of drug-likeness (QED) is 0.624. The summed E-state index contributed by atoms with van der Waals surface area (Å²) in [5, 5.41) is 7.62. The minimum atomic E-state index is 0.0181. The third kappa shape index (κ3) is 5.34. The van der Waals surface area contributed by atoms with Crippen LogP contribution in [0.5, 0.6) is 0 Å². The van der Waals surface area contributed by atoms with E-state index in [-0.39, 0.29) is 17.9 Å². The largest absolute Gasteiger partial charge is 0.369 e. The first-order chi connectivity index (χ1) is 15.1. The summed E-state index contributed by atoms with van der Waals surface area (Å²) in [5.41, 5.74) is 0.946. The van der Waals surface area contributed by atoms with Gasteiger partial charge in [0.1, 0.15) is 17.0 Å². The van der Waals surface area contributed by atoms with E-state index in [9.17, 15) is 9.59 Å². The molecule has 2 aliphatic rings. The second-order valence-corrected chi connectivity index (χ2v) is 9.74. The monoisotopic (exact) mass is 443 g/mol. The SMILES string of the molecule is Cc1c(C(=O)NC2CCCCCCC2)sc2ncnc(NCCCN3CCCC3=O)c12. The van der Waals surface area contributed by atoms with E-state index in [0.29, 0.717) is 6.42 Å². The maximum Gasteiger partial charge on any atom is 0.261 e. The van der Waals surface area contributed by atoms with Crippen LogP contribution in [-0.2, 0) is 4.79 Å². The Balaban J connectivity index is 1.40. The zero-order valence-corrected chi connectivity index (χ0v) is 19.2. The van der Waals surface area contributed by atoms with Crippen molar-refractivity contribution in [2.45, 2.75) is 77.2 Å². The molecular weight excluding hydrogens is 410 g/mol. The van der Waals surface area contributed by atoms with E-state index in [0.717, 1.165) is 71.8 Å². The highest BCUT2D eigenvalue weighted by Gasteiger charge is 2.22.